The van der Waals surface area contributed by atoms with Gasteiger partial charge in [0.25, 0.3) is 0 Å². The van der Waals surface area contributed by atoms with Crippen LogP contribution in [0.5, 0.6) is 0 Å². The molecule has 5 saturated carbocycles. The first-order chi connectivity index (χ1) is 25.9. The van der Waals surface area contributed by atoms with Gasteiger partial charge in [-0.2, -0.15) is 0 Å². The fourth-order valence-corrected chi connectivity index (χ4v) is 14.1. The molecule has 2 spiro atoms. The molecule has 12 atom stereocenters. The Kier molecular flexibility index (Phi) is 13.1. The maximum absolute atomic E-state index is 12.5. The first-order valence-electron chi connectivity index (χ1n) is 22.1. The summed E-state index contributed by atoms with van der Waals surface area (Å²) < 4.78 is 32.0. The van der Waals surface area contributed by atoms with Crippen LogP contribution in [0.2, 0.25) is 0 Å². The standard InChI is InChI=1S/C42H70N2O7.C2H6.H2S2/c1-10-47-35(39(7,8)46)30-13-11-28-31(49-30)21-29-27-12-14-32-38(5,6)33(15-16-42(32)25-41(27,42)18-17-40(28,29)9)50-34-24-43(19-20-48-34)26-22-44(23-26)36(45)51-37(2,3)4;2*1-2/h26-35,46H,10-25H2,1-9H3;1-2H3;1-2H/t27?,28?,29?,30?,31?,32?,33-,34?,35-,40?,41?,42+;;/m0../s1. The van der Waals surface area contributed by atoms with E-state index in [2.05, 4.69) is 49.0 Å². The molecule has 1 N–H and O–H groups in total. The van der Waals surface area contributed by atoms with Crippen LogP contribution in [-0.4, -0.2) is 108 Å². The lowest BCUT2D eigenvalue weighted by Gasteiger charge is -2.60. The van der Waals surface area contributed by atoms with E-state index in [9.17, 15) is 9.90 Å². The van der Waals surface area contributed by atoms with E-state index in [1.54, 1.807) is 0 Å². The fraction of sp³-hybridized carbons (Fsp3) is 0.977. The Bertz CT molecular complexity index is 1330. The molecule has 55 heavy (non-hydrogen) atoms. The van der Waals surface area contributed by atoms with Crippen molar-refractivity contribution in [3.8, 4) is 0 Å². The van der Waals surface area contributed by atoms with Gasteiger partial charge in [-0.15, -0.1) is 23.3 Å². The van der Waals surface area contributed by atoms with E-state index in [-0.39, 0.29) is 36.1 Å². The minimum atomic E-state index is -0.911. The number of fused-ring (bicyclic) bond motifs is 4. The maximum atomic E-state index is 12.5. The fourth-order valence-electron chi connectivity index (χ4n) is 14.1. The van der Waals surface area contributed by atoms with Crippen LogP contribution < -0.4 is 0 Å². The third kappa shape index (κ3) is 7.80. The first kappa shape index (κ1) is 44.3. The zero-order valence-corrected chi connectivity index (χ0v) is 38.1. The van der Waals surface area contributed by atoms with E-state index >= 15 is 0 Å². The summed E-state index contributed by atoms with van der Waals surface area (Å²) in [7, 11) is 0. The Labute approximate surface area is 344 Å². The van der Waals surface area contributed by atoms with Crippen LogP contribution in [0.1, 0.15) is 140 Å². The van der Waals surface area contributed by atoms with Gasteiger partial charge in [0, 0.05) is 32.3 Å². The molecule has 318 valence electrons. The SMILES string of the molecule is CC.CCO[C@@H](C1CCC2C(CC3C4CCC5C(C)(C)[C@@H](OC6CN(C7CN(C(=O)OC(C)(C)C)C7)CCO6)CC[C@@]56CC46CCC23C)O1)C(C)(C)O.SS. The molecule has 8 aliphatic rings. The van der Waals surface area contributed by atoms with Crippen LogP contribution in [0.25, 0.3) is 0 Å². The number of hydrogen-bond acceptors (Lipinski definition) is 10. The molecule has 9 unspecified atom stereocenters. The van der Waals surface area contributed by atoms with E-state index in [4.69, 9.17) is 23.7 Å². The summed E-state index contributed by atoms with van der Waals surface area (Å²) in [5.74, 6) is 2.87. The monoisotopic (exact) mass is 811 g/mol. The van der Waals surface area contributed by atoms with Crippen LogP contribution >= 0.6 is 23.3 Å². The van der Waals surface area contributed by atoms with Crippen molar-refractivity contribution in [2.24, 2.45) is 45.3 Å². The van der Waals surface area contributed by atoms with Crippen molar-refractivity contribution in [2.45, 2.75) is 188 Å². The number of carbonyl (C=O) groups is 1. The van der Waals surface area contributed by atoms with Gasteiger partial charge in [-0.25, -0.2) is 4.79 Å². The summed E-state index contributed by atoms with van der Waals surface area (Å²) in [5, 5.41) is 11.0. The molecule has 0 aromatic rings. The molecule has 5 aliphatic carbocycles. The Morgan fingerprint density at radius 2 is 1.60 bits per heavy atom. The Morgan fingerprint density at radius 3 is 2.25 bits per heavy atom. The lowest BCUT2D eigenvalue weighted by atomic mass is 9.46. The zero-order valence-electron chi connectivity index (χ0n) is 36.3. The maximum Gasteiger partial charge on any atom is 0.410 e. The molecule has 0 aromatic carbocycles. The van der Waals surface area contributed by atoms with Crippen molar-refractivity contribution in [3.63, 3.8) is 0 Å². The lowest BCUT2D eigenvalue weighted by Crippen LogP contribution is -2.64. The van der Waals surface area contributed by atoms with E-state index in [0.29, 0.717) is 66.5 Å². The van der Waals surface area contributed by atoms with Crippen molar-refractivity contribution in [2.75, 3.05) is 39.4 Å². The number of amides is 1. The third-order valence-corrected chi connectivity index (χ3v) is 16.4. The van der Waals surface area contributed by atoms with Crippen molar-refractivity contribution >= 4 is 29.4 Å². The number of thiol groups is 2. The molecule has 8 rings (SSSR count). The molecule has 8 fully saturated rings. The average molecular weight is 811 g/mol. The number of carbonyl (C=O) groups excluding carboxylic acids is 1. The Balaban J connectivity index is 0.00000125. The second kappa shape index (κ2) is 16.3. The number of likely N-dealkylation sites (tertiary alicyclic amines) is 1. The van der Waals surface area contributed by atoms with Crippen molar-refractivity contribution in [1.29, 1.82) is 0 Å². The van der Waals surface area contributed by atoms with Gasteiger partial charge >= 0.3 is 6.09 Å². The molecule has 0 bridgehead atoms. The van der Waals surface area contributed by atoms with Crippen LogP contribution in [-0.2, 0) is 23.7 Å². The normalized spacial score (nSPS) is 42.6. The van der Waals surface area contributed by atoms with Gasteiger partial charge in [-0.3, -0.25) is 4.90 Å². The quantitative estimate of drug-likeness (QED) is 0.174. The molecule has 3 heterocycles. The molecule has 11 heteroatoms. The minimum Gasteiger partial charge on any atom is -0.444 e. The Morgan fingerprint density at radius 1 is 0.909 bits per heavy atom. The van der Waals surface area contributed by atoms with Gasteiger partial charge in [0.05, 0.1) is 37.1 Å². The highest BCUT2D eigenvalue weighted by molar-refractivity contribution is 8.59. The number of ether oxygens (including phenoxy) is 5. The third-order valence-electron chi connectivity index (χ3n) is 16.4. The summed E-state index contributed by atoms with van der Waals surface area (Å²) in [5.41, 5.74) is 0.0552. The zero-order chi connectivity index (χ0) is 40.4. The summed E-state index contributed by atoms with van der Waals surface area (Å²) in [6.45, 7) is 27.6. The van der Waals surface area contributed by atoms with Gasteiger partial charge in [0.2, 0.25) is 0 Å². The summed E-state index contributed by atoms with van der Waals surface area (Å²) >= 11 is 6.44. The lowest BCUT2D eigenvalue weighted by molar-refractivity contribution is -0.250. The van der Waals surface area contributed by atoms with E-state index < -0.39 is 11.2 Å². The second-order valence-corrected chi connectivity index (χ2v) is 20.8. The number of aliphatic hydroxyl groups is 1. The van der Waals surface area contributed by atoms with E-state index in [0.717, 1.165) is 37.8 Å². The summed E-state index contributed by atoms with van der Waals surface area (Å²) in [4.78, 5) is 16.8. The van der Waals surface area contributed by atoms with Gasteiger partial charge in [0.1, 0.15) is 11.7 Å². The molecule has 3 aliphatic heterocycles. The first-order valence-corrected chi connectivity index (χ1v) is 23.7. The molecule has 1 amide bonds. The predicted octanol–water partition coefficient (Wildman–Crippen LogP) is 8.82. The highest BCUT2D eigenvalue weighted by Crippen LogP contribution is 2.87. The number of nitrogens with zero attached hydrogens (tertiary/aromatic N) is 2. The average Bonchev–Trinajstić information content (AvgIpc) is 3.68. The van der Waals surface area contributed by atoms with E-state index in [1.807, 2.05) is 60.3 Å². The van der Waals surface area contributed by atoms with Gasteiger partial charge in [-0.05, 0) is 151 Å². The van der Waals surface area contributed by atoms with Gasteiger partial charge in [0.15, 0.2) is 6.29 Å². The van der Waals surface area contributed by atoms with E-state index in [1.165, 1.54) is 51.4 Å². The van der Waals surface area contributed by atoms with Crippen LogP contribution in [0.15, 0.2) is 0 Å². The van der Waals surface area contributed by atoms with Gasteiger partial charge in [-0.1, -0.05) is 34.6 Å². The summed E-state index contributed by atoms with van der Waals surface area (Å²) in [6.07, 6.45) is 12.4. The van der Waals surface area contributed by atoms with Crippen LogP contribution in [0.3, 0.4) is 0 Å². The van der Waals surface area contributed by atoms with Crippen LogP contribution in [0, 0.1) is 45.3 Å². The summed E-state index contributed by atoms with van der Waals surface area (Å²) in [6, 6.07) is 0.345. The van der Waals surface area contributed by atoms with Gasteiger partial charge < -0.3 is 33.7 Å². The van der Waals surface area contributed by atoms with Crippen molar-refractivity contribution < 1.29 is 33.6 Å². The second-order valence-electron chi connectivity index (χ2n) is 20.8. The number of rotatable bonds is 7. The minimum absolute atomic E-state index is 0.0242. The molecule has 0 radical (unpaired) electrons. The highest BCUT2D eigenvalue weighted by atomic mass is 33.1. The largest absolute Gasteiger partial charge is 0.444 e. The Hall–Kier alpha value is -0.270. The molecule has 3 saturated heterocycles. The predicted molar refractivity (Wildman–Crippen MR) is 224 cm³/mol. The topological polar surface area (TPSA) is 89.9 Å². The van der Waals surface area contributed by atoms with Crippen molar-refractivity contribution in [3.05, 3.63) is 0 Å². The molecule has 9 nitrogen and oxygen atoms in total. The molecular formula is C44H78N2O7S2. The number of hydrogen-bond donors (Lipinski definition) is 3. The smallest absolute Gasteiger partial charge is 0.410 e. The van der Waals surface area contributed by atoms with Crippen molar-refractivity contribution in [1.82, 2.24) is 9.80 Å². The highest BCUT2D eigenvalue weighted by Gasteiger charge is 2.80. The number of morpholine rings is 1. The van der Waals surface area contributed by atoms with Crippen LogP contribution in [0.4, 0.5) is 4.79 Å². The molecule has 0 aromatic heterocycles. The molecular weight excluding hydrogens is 733 g/mol.